The van der Waals surface area contributed by atoms with E-state index in [0.717, 1.165) is 51.4 Å². The van der Waals surface area contributed by atoms with E-state index in [1.165, 1.54) is 44.5 Å². The van der Waals surface area contributed by atoms with Gasteiger partial charge >= 0.3 is 0 Å². The molecule has 8 aliphatic rings. The Bertz CT molecular complexity index is 844. The molecule has 8 aliphatic carbocycles. The molecule has 34 heavy (non-hydrogen) atoms. The summed E-state index contributed by atoms with van der Waals surface area (Å²) in [5.41, 5.74) is 11.6. The van der Waals surface area contributed by atoms with Crippen molar-refractivity contribution in [1.29, 1.82) is 0 Å². The fourth-order valence-corrected chi connectivity index (χ4v) is 4.65. The van der Waals surface area contributed by atoms with E-state index in [2.05, 4.69) is 97.1 Å². The Labute approximate surface area is 226 Å². The predicted octanol–water partition coefficient (Wildman–Crippen LogP) is 8.30. The van der Waals surface area contributed by atoms with E-state index in [1.807, 2.05) is 0 Å². The molecule has 0 atom stereocenters. The number of halogens is 2. The summed E-state index contributed by atoms with van der Waals surface area (Å²) >= 11 is 0. The Hall–Kier alpha value is -2.16. The second kappa shape index (κ2) is 13.1. The van der Waals surface area contributed by atoms with Gasteiger partial charge < -0.3 is 0 Å². The van der Waals surface area contributed by atoms with Crippen LogP contribution in [0.2, 0.25) is 0 Å². The maximum atomic E-state index is 2.28. The molecule has 0 amide bonds. The first-order valence-corrected chi connectivity index (χ1v) is 12.1. The van der Waals surface area contributed by atoms with Gasteiger partial charge in [-0.3, -0.25) is 0 Å². The van der Waals surface area contributed by atoms with Crippen LogP contribution in [-0.2, 0) is 51.4 Å². The second-order valence-corrected chi connectivity index (χ2v) is 9.27. The molecular formula is C32H34Br2. The molecule has 0 saturated carbocycles. The Morgan fingerprint density at radius 2 is 0.294 bits per heavy atom. The van der Waals surface area contributed by atoms with Crippen molar-refractivity contribution < 1.29 is 0 Å². The molecule has 12 rings (SSSR count). The van der Waals surface area contributed by atoms with Crippen LogP contribution in [0.1, 0.15) is 44.5 Å². The summed E-state index contributed by atoms with van der Waals surface area (Å²) in [5.74, 6) is 0. The lowest BCUT2D eigenvalue weighted by Crippen LogP contribution is -1.97. The van der Waals surface area contributed by atoms with E-state index in [1.54, 1.807) is 0 Å². The summed E-state index contributed by atoms with van der Waals surface area (Å²) in [6.45, 7) is 0. The monoisotopic (exact) mass is 576 g/mol. The molecule has 0 N–H and O–H groups in total. The topological polar surface area (TPSA) is 0 Å². The first-order valence-electron chi connectivity index (χ1n) is 12.1. The van der Waals surface area contributed by atoms with Gasteiger partial charge in [-0.25, -0.2) is 0 Å². The van der Waals surface area contributed by atoms with Gasteiger partial charge in [0.15, 0.2) is 0 Å². The zero-order valence-electron chi connectivity index (χ0n) is 19.7. The van der Waals surface area contributed by atoms with Crippen molar-refractivity contribution in [2.24, 2.45) is 0 Å². The average molecular weight is 578 g/mol. The number of benzene rings is 4. The van der Waals surface area contributed by atoms with Crippen LogP contribution < -0.4 is 0 Å². The molecule has 8 bridgehead atoms. The first-order chi connectivity index (χ1) is 15.8. The highest BCUT2D eigenvalue weighted by Gasteiger charge is 2.03. The van der Waals surface area contributed by atoms with E-state index >= 15 is 0 Å². The highest BCUT2D eigenvalue weighted by molar-refractivity contribution is 8.93. The fourth-order valence-electron chi connectivity index (χ4n) is 4.65. The van der Waals surface area contributed by atoms with Crippen LogP contribution in [0.3, 0.4) is 0 Å². The Kier molecular flexibility index (Phi) is 10.2. The molecule has 4 aromatic carbocycles. The standard InChI is InChI=1S/2C16H16.2BrH/c2*1-2-14-4-3-13(1)9-10-15-5-7-16(8-6-15)12-11-14;;/h2*1-8H,9-12H2;2*1H. The van der Waals surface area contributed by atoms with E-state index in [9.17, 15) is 0 Å². The lowest BCUT2D eigenvalue weighted by molar-refractivity contribution is 0.921. The van der Waals surface area contributed by atoms with Gasteiger partial charge in [-0.2, -0.15) is 0 Å². The molecule has 0 nitrogen and oxygen atoms in total. The lowest BCUT2D eigenvalue weighted by Gasteiger charge is -2.09. The van der Waals surface area contributed by atoms with Gasteiger partial charge in [-0.1, -0.05) is 97.1 Å². The first kappa shape index (κ1) is 26.4. The molecule has 0 fully saturated rings. The Morgan fingerprint density at radius 3 is 0.382 bits per heavy atom. The van der Waals surface area contributed by atoms with E-state index in [0.29, 0.717) is 0 Å². The van der Waals surface area contributed by atoms with E-state index in [4.69, 9.17) is 0 Å². The highest BCUT2D eigenvalue weighted by Crippen LogP contribution is 2.16. The summed E-state index contributed by atoms with van der Waals surface area (Å²) in [6.07, 6.45) is 9.22. The molecule has 0 radical (unpaired) electrons. The third-order valence-corrected chi connectivity index (χ3v) is 6.90. The molecule has 0 spiro atoms. The van der Waals surface area contributed by atoms with Gasteiger partial charge in [-0.05, 0) is 95.9 Å². The van der Waals surface area contributed by atoms with Gasteiger partial charge in [0.25, 0.3) is 0 Å². The quantitative estimate of drug-likeness (QED) is 0.197. The molecular weight excluding hydrogens is 544 g/mol. The third kappa shape index (κ3) is 7.42. The zero-order chi connectivity index (χ0) is 21.6. The zero-order valence-corrected chi connectivity index (χ0v) is 23.1. The van der Waals surface area contributed by atoms with Crippen molar-refractivity contribution in [2.75, 3.05) is 0 Å². The minimum absolute atomic E-state index is 0. The maximum Gasteiger partial charge on any atom is -0.0238 e. The SMILES string of the molecule is Br.Br.c1cc2ccc1CCc1ccc(cc1)CC2.c1cc2ccc1CCc1ccc(cc1)CC2. The van der Waals surface area contributed by atoms with Crippen molar-refractivity contribution in [3.8, 4) is 0 Å². The van der Waals surface area contributed by atoms with Gasteiger partial charge in [0, 0.05) is 0 Å². The van der Waals surface area contributed by atoms with Gasteiger partial charge in [0.1, 0.15) is 0 Å². The molecule has 2 heteroatoms. The van der Waals surface area contributed by atoms with E-state index in [-0.39, 0.29) is 34.0 Å². The van der Waals surface area contributed by atoms with Crippen molar-refractivity contribution >= 4 is 34.0 Å². The third-order valence-electron chi connectivity index (χ3n) is 6.90. The molecule has 0 saturated heterocycles. The van der Waals surface area contributed by atoms with E-state index < -0.39 is 0 Å². The number of hydrogen-bond acceptors (Lipinski definition) is 0. The summed E-state index contributed by atoms with van der Waals surface area (Å²) in [4.78, 5) is 0. The Morgan fingerprint density at radius 1 is 0.206 bits per heavy atom. The molecule has 0 aromatic heterocycles. The molecule has 176 valence electrons. The summed E-state index contributed by atoms with van der Waals surface area (Å²) in [7, 11) is 0. The summed E-state index contributed by atoms with van der Waals surface area (Å²) in [5, 5.41) is 0. The fraction of sp³-hybridized carbons (Fsp3) is 0.250. The second-order valence-electron chi connectivity index (χ2n) is 9.27. The van der Waals surface area contributed by atoms with Crippen molar-refractivity contribution in [2.45, 2.75) is 51.4 Å². The van der Waals surface area contributed by atoms with Gasteiger partial charge in [-0.15, -0.1) is 34.0 Å². The number of aryl methyl sites for hydroxylation is 8. The van der Waals surface area contributed by atoms with Crippen molar-refractivity contribution in [3.63, 3.8) is 0 Å². The predicted molar refractivity (Wildman–Crippen MR) is 156 cm³/mol. The maximum absolute atomic E-state index is 2.28. The highest BCUT2D eigenvalue weighted by atomic mass is 79.9. The molecule has 0 unspecified atom stereocenters. The normalized spacial score (nSPS) is 13.6. The smallest absolute Gasteiger partial charge is 0.0238 e. The van der Waals surface area contributed by atoms with Crippen LogP contribution in [0.15, 0.2) is 97.1 Å². The minimum atomic E-state index is 0. The van der Waals surface area contributed by atoms with Crippen molar-refractivity contribution in [1.82, 2.24) is 0 Å². The van der Waals surface area contributed by atoms with Crippen LogP contribution in [0.4, 0.5) is 0 Å². The van der Waals surface area contributed by atoms with Gasteiger partial charge in [0.2, 0.25) is 0 Å². The van der Waals surface area contributed by atoms with Gasteiger partial charge in [0.05, 0.1) is 0 Å². The lowest BCUT2D eigenvalue weighted by atomic mass is 9.97. The van der Waals surface area contributed by atoms with Crippen LogP contribution in [0.25, 0.3) is 0 Å². The average Bonchev–Trinajstić information content (AvgIpc) is 2.84. The molecule has 0 aliphatic heterocycles. The summed E-state index contributed by atoms with van der Waals surface area (Å²) < 4.78 is 0. The number of hydrogen-bond donors (Lipinski definition) is 0. The molecule has 4 aromatic rings. The van der Waals surface area contributed by atoms with Crippen LogP contribution in [-0.4, -0.2) is 0 Å². The Balaban J connectivity index is 0.000000180. The van der Waals surface area contributed by atoms with Crippen LogP contribution in [0, 0.1) is 0 Å². The molecule has 0 heterocycles. The van der Waals surface area contributed by atoms with Crippen LogP contribution >= 0.6 is 34.0 Å². The number of rotatable bonds is 0. The van der Waals surface area contributed by atoms with Crippen LogP contribution in [0.5, 0.6) is 0 Å². The van der Waals surface area contributed by atoms with Crippen molar-refractivity contribution in [3.05, 3.63) is 142 Å². The minimum Gasteiger partial charge on any atom is -0.114 e. The largest absolute Gasteiger partial charge is 0.114 e. The summed E-state index contributed by atoms with van der Waals surface area (Å²) in [6, 6.07) is 36.5.